The van der Waals surface area contributed by atoms with E-state index in [-0.39, 0.29) is 35.4 Å². The molecule has 21 heavy (non-hydrogen) atoms. The lowest BCUT2D eigenvalue weighted by Gasteiger charge is -2.12. The SMILES string of the molecule is N=C(N)c1ccc(CNS(=O)(=O)CC2CCCO2)c(F)c1. The Hall–Kier alpha value is -1.51. The van der Waals surface area contributed by atoms with Gasteiger partial charge in [-0.2, -0.15) is 0 Å². The molecule has 1 aromatic carbocycles. The van der Waals surface area contributed by atoms with E-state index in [4.69, 9.17) is 15.9 Å². The molecule has 8 heteroatoms. The minimum Gasteiger partial charge on any atom is -0.384 e. The van der Waals surface area contributed by atoms with Crippen LogP contribution in [0.5, 0.6) is 0 Å². The monoisotopic (exact) mass is 315 g/mol. The zero-order chi connectivity index (χ0) is 15.5. The van der Waals surface area contributed by atoms with E-state index in [2.05, 4.69) is 4.72 Å². The Labute approximate surface area is 123 Å². The Morgan fingerprint density at radius 2 is 2.29 bits per heavy atom. The predicted molar refractivity (Wildman–Crippen MR) is 77.0 cm³/mol. The Kier molecular flexibility index (Phi) is 4.92. The summed E-state index contributed by atoms with van der Waals surface area (Å²) in [5, 5.41) is 7.21. The number of hydrogen-bond donors (Lipinski definition) is 3. The number of ether oxygens (including phenoxy) is 1. The van der Waals surface area contributed by atoms with Crippen molar-refractivity contribution in [2.45, 2.75) is 25.5 Å². The molecular formula is C13H18FN3O3S. The van der Waals surface area contributed by atoms with Crippen LogP contribution in [0.4, 0.5) is 4.39 Å². The normalized spacial score (nSPS) is 18.8. The van der Waals surface area contributed by atoms with Crippen LogP contribution in [0.25, 0.3) is 0 Å². The lowest BCUT2D eigenvalue weighted by atomic mass is 10.1. The van der Waals surface area contributed by atoms with Gasteiger partial charge in [0.05, 0.1) is 11.9 Å². The second-order valence-electron chi connectivity index (χ2n) is 4.96. The van der Waals surface area contributed by atoms with Gasteiger partial charge in [-0.25, -0.2) is 17.5 Å². The van der Waals surface area contributed by atoms with Crippen molar-refractivity contribution in [2.24, 2.45) is 5.73 Å². The van der Waals surface area contributed by atoms with Crippen LogP contribution in [0.3, 0.4) is 0 Å². The number of rotatable bonds is 6. The molecular weight excluding hydrogens is 297 g/mol. The number of benzene rings is 1. The molecule has 1 aliphatic heterocycles. The average molecular weight is 315 g/mol. The van der Waals surface area contributed by atoms with Crippen molar-refractivity contribution in [3.05, 3.63) is 35.1 Å². The molecule has 0 aromatic heterocycles. The first-order chi connectivity index (χ1) is 9.87. The Bertz CT molecular complexity index is 628. The first-order valence-corrected chi connectivity index (χ1v) is 8.24. The van der Waals surface area contributed by atoms with Crippen molar-refractivity contribution in [3.8, 4) is 0 Å². The predicted octanol–water partition coefficient (Wildman–Crippen LogP) is 0.708. The van der Waals surface area contributed by atoms with Crippen LogP contribution < -0.4 is 10.5 Å². The number of nitrogen functional groups attached to an aromatic ring is 1. The van der Waals surface area contributed by atoms with E-state index < -0.39 is 15.8 Å². The quantitative estimate of drug-likeness (QED) is 0.531. The first-order valence-electron chi connectivity index (χ1n) is 6.59. The van der Waals surface area contributed by atoms with E-state index in [1.807, 2.05) is 0 Å². The summed E-state index contributed by atoms with van der Waals surface area (Å²) >= 11 is 0. The molecule has 0 radical (unpaired) electrons. The van der Waals surface area contributed by atoms with Crippen LogP contribution in [0.2, 0.25) is 0 Å². The van der Waals surface area contributed by atoms with E-state index in [0.29, 0.717) is 6.61 Å². The molecule has 1 heterocycles. The highest BCUT2D eigenvalue weighted by Gasteiger charge is 2.23. The highest BCUT2D eigenvalue weighted by molar-refractivity contribution is 7.89. The van der Waals surface area contributed by atoms with Crippen molar-refractivity contribution in [1.29, 1.82) is 5.41 Å². The third kappa shape index (κ3) is 4.48. The number of hydrogen-bond acceptors (Lipinski definition) is 4. The van der Waals surface area contributed by atoms with Crippen LogP contribution >= 0.6 is 0 Å². The Morgan fingerprint density at radius 1 is 1.52 bits per heavy atom. The maximum Gasteiger partial charge on any atom is 0.214 e. The number of nitrogens with two attached hydrogens (primary N) is 1. The molecule has 4 N–H and O–H groups in total. The van der Waals surface area contributed by atoms with Crippen molar-refractivity contribution < 1.29 is 17.5 Å². The molecule has 1 unspecified atom stereocenters. The van der Waals surface area contributed by atoms with Gasteiger partial charge < -0.3 is 10.5 Å². The Balaban J connectivity index is 1.97. The van der Waals surface area contributed by atoms with Crippen LogP contribution in [0.15, 0.2) is 18.2 Å². The van der Waals surface area contributed by atoms with Crippen molar-refractivity contribution in [3.63, 3.8) is 0 Å². The van der Waals surface area contributed by atoms with Gasteiger partial charge in [0, 0.05) is 24.3 Å². The van der Waals surface area contributed by atoms with Gasteiger partial charge in [-0.15, -0.1) is 0 Å². The summed E-state index contributed by atoms with van der Waals surface area (Å²) in [7, 11) is -3.52. The zero-order valence-corrected chi connectivity index (χ0v) is 12.2. The van der Waals surface area contributed by atoms with Gasteiger partial charge in [-0.1, -0.05) is 12.1 Å². The summed E-state index contributed by atoms with van der Waals surface area (Å²) in [6.45, 7) is 0.445. The molecule has 1 aromatic rings. The fourth-order valence-corrected chi connectivity index (χ4v) is 3.37. The average Bonchev–Trinajstić information content (AvgIpc) is 2.89. The fourth-order valence-electron chi connectivity index (χ4n) is 2.13. The summed E-state index contributed by atoms with van der Waals surface area (Å²) < 4.78 is 45.2. The maximum atomic E-state index is 13.8. The second kappa shape index (κ2) is 6.50. The molecule has 1 fully saturated rings. The molecule has 0 bridgehead atoms. The molecule has 1 saturated heterocycles. The van der Waals surface area contributed by atoms with Gasteiger partial charge in [0.25, 0.3) is 0 Å². The number of halogens is 1. The van der Waals surface area contributed by atoms with E-state index >= 15 is 0 Å². The van der Waals surface area contributed by atoms with Gasteiger partial charge >= 0.3 is 0 Å². The third-order valence-corrected chi connectivity index (χ3v) is 4.67. The van der Waals surface area contributed by atoms with E-state index in [1.54, 1.807) is 0 Å². The van der Waals surface area contributed by atoms with Crippen LogP contribution in [-0.2, 0) is 21.3 Å². The lowest BCUT2D eigenvalue weighted by molar-refractivity contribution is 0.127. The summed E-state index contributed by atoms with van der Waals surface area (Å²) in [4.78, 5) is 0. The smallest absolute Gasteiger partial charge is 0.214 e. The van der Waals surface area contributed by atoms with Gasteiger partial charge in [0.15, 0.2) is 0 Å². The van der Waals surface area contributed by atoms with E-state index in [1.165, 1.54) is 12.1 Å². The zero-order valence-electron chi connectivity index (χ0n) is 11.4. The topological polar surface area (TPSA) is 105 Å². The molecule has 1 aliphatic rings. The second-order valence-corrected chi connectivity index (χ2v) is 6.81. The minimum atomic E-state index is -3.52. The Morgan fingerprint density at radius 3 is 2.86 bits per heavy atom. The highest BCUT2D eigenvalue weighted by atomic mass is 32.2. The van der Waals surface area contributed by atoms with Gasteiger partial charge in [0.2, 0.25) is 10.0 Å². The summed E-state index contributed by atoms with van der Waals surface area (Å²) in [5.41, 5.74) is 5.73. The largest absolute Gasteiger partial charge is 0.384 e. The minimum absolute atomic E-state index is 0.111. The molecule has 0 aliphatic carbocycles. The number of nitrogens with one attached hydrogen (secondary N) is 2. The van der Waals surface area contributed by atoms with Gasteiger partial charge in [-0.3, -0.25) is 5.41 Å². The maximum absolute atomic E-state index is 13.8. The van der Waals surface area contributed by atoms with Gasteiger partial charge in [0.1, 0.15) is 11.7 Å². The third-order valence-electron chi connectivity index (χ3n) is 3.28. The van der Waals surface area contributed by atoms with E-state index in [9.17, 15) is 12.8 Å². The number of sulfonamides is 1. The fraction of sp³-hybridized carbons (Fsp3) is 0.462. The standard InChI is InChI=1S/C13H18FN3O3S/c14-12-6-9(13(15)16)3-4-10(12)7-17-21(18,19)8-11-2-1-5-20-11/h3-4,6,11,17H,1-2,5,7-8H2,(H3,15,16). The van der Waals surface area contributed by atoms with Gasteiger partial charge in [-0.05, 0) is 18.9 Å². The summed E-state index contributed by atoms with van der Waals surface area (Å²) in [5.74, 6) is -0.943. The van der Waals surface area contributed by atoms with Crippen molar-refractivity contribution in [1.82, 2.24) is 4.72 Å². The van der Waals surface area contributed by atoms with Crippen molar-refractivity contribution >= 4 is 15.9 Å². The van der Waals surface area contributed by atoms with E-state index in [0.717, 1.165) is 18.9 Å². The molecule has 6 nitrogen and oxygen atoms in total. The summed E-state index contributed by atoms with van der Waals surface area (Å²) in [6, 6.07) is 4.02. The van der Waals surface area contributed by atoms with Crippen LogP contribution in [0.1, 0.15) is 24.0 Å². The van der Waals surface area contributed by atoms with Crippen LogP contribution in [-0.4, -0.2) is 32.7 Å². The molecule has 0 saturated carbocycles. The molecule has 1 atom stereocenters. The lowest BCUT2D eigenvalue weighted by Crippen LogP contribution is -2.31. The molecule has 2 rings (SSSR count). The number of amidine groups is 1. The van der Waals surface area contributed by atoms with Crippen LogP contribution in [0, 0.1) is 11.2 Å². The molecule has 0 spiro atoms. The molecule has 0 amide bonds. The van der Waals surface area contributed by atoms with Crippen molar-refractivity contribution in [2.75, 3.05) is 12.4 Å². The molecule has 116 valence electrons. The highest BCUT2D eigenvalue weighted by Crippen LogP contribution is 2.14. The summed E-state index contributed by atoms with van der Waals surface area (Å²) in [6.07, 6.45) is 1.30. The first kappa shape index (κ1) is 15.9.